The van der Waals surface area contributed by atoms with Crippen LogP contribution >= 0.6 is 45.1 Å². The van der Waals surface area contributed by atoms with Gasteiger partial charge < -0.3 is 74.8 Å². The largest absolute Gasteiger partial charge is 0.480 e. The number of hydrogen-bond donors (Lipinski definition) is 14. The quantitative estimate of drug-likeness (QED) is 0.0255. The minimum absolute atomic E-state index is 0.155. The van der Waals surface area contributed by atoms with Gasteiger partial charge in [-0.05, 0) is 49.7 Å². The Morgan fingerprint density at radius 1 is 0.483 bits per heavy atom. The Bertz CT molecular complexity index is 1260. The molecule has 0 aromatic heterocycles. The molecule has 0 rings (SSSR count). The van der Waals surface area contributed by atoms with Gasteiger partial charge in [0, 0.05) is 24.3 Å². The average molecular weight is 911 g/mol. The van der Waals surface area contributed by atoms with Crippen LogP contribution in [0.3, 0.4) is 0 Å². The van der Waals surface area contributed by atoms with Crippen LogP contribution in [-0.4, -0.2) is 175 Å². The summed E-state index contributed by atoms with van der Waals surface area (Å²) in [5, 5.41) is 60.6. The zero-order valence-corrected chi connectivity index (χ0v) is 34.9. The van der Waals surface area contributed by atoms with Gasteiger partial charge in [0.25, 0.3) is 0 Å². The van der Waals surface area contributed by atoms with Crippen molar-refractivity contribution in [3.8, 4) is 0 Å². The molecule has 28 heteroatoms. The van der Waals surface area contributed by atoms with E-state index < -0.39 is 109 Å². The molecule has 0 fully saturated rings. The summed E-state index contributed by atoms with van der Waals surface area (Å²) >= 11 is 3.21. The number of carboxylic acids is 6. The van der Waals surface area contributed by atoms with Crippen molar-refractivity contribution in [1.29, 1.82) is 0 Å². The monoisotopic (exact) mass is 910 g/mol. The normalized spacial score (nSPS) is 13.4. The third-order valence-electron chi connectivity index (χ3n) is 6.58. The number of thioether (sulfide) groups is 2. The number of rotatable bonds is 29. The molecule has 0 unspecified atom stereocenters. The molecule has 18 N–H and O–H groups in total. The van der Waals surface area contributed by atoms with Gasteiger partial charge in [0.1, 0.15) is 49.3 Å². The zero-order valence-electron chi connectivity index (χ0n) is 31.7. The summed E-state index contributed by atoms with van der Waals surface area (Å²) < 4.78 is 0. The lowest BCUT2D eigenvalue weighted by atomic mass is 10.1. The highest BCUT2D eigenvalue weighted by Gasteiger charge is 2.25. The summed E-state index contributed by atoms with van der Waals surface area (Å²) in [6, 6.07) is -6.52. The molecule has 0 saturated heterocycles. The predicted octanol–water partition coefficient (Wildman–Crippen LogP) is -3.57. The molecule has 24 nitrogen and oxygen atoms in total. The van der Waals surface area contributed by atoms with E-state index in [2.05, 4.69) is 21.3 Å². The fourth-order valence-corrected chi connectivity index (χ4v) is 6.57. The van der Waals surface area contributed by atoms with Crippen molar-refractivity contribution < 1.29 is 78.6 Å². The molecule has 334 valence electrons. The number of nitrogens with two attached hydrogens (primary N) is 4. The smallest absolute Gasteiger partial charge is 0.322 e. The minimum Gasteiger partial charge on any atom is -0.480 e. The molecule has 4 amide bonds. The van der Waals surface area contributed by atoms with Crippen LogP contribution in [0.15, 0.2) is 0 Å². The van der Waals surface area contributed by atoms with Crippen LogP contribution in [0.4, 0.5) is 0 Å². The van der Waals surface area contributed by atoms with E-state index in [1.807, 2.05) is 12.5 Å². The van der Waals surface area contributed by atoms with Gasteiger partial charge >= 0.3 is 35.8 Å². The second-order valence-corrected chi connectivity index (χ2v) is 16.0. The lowest BCUT2D eigenvalue weighted by Crippen LogP contribution is -2.50. The van der Waals surface area contributed by atoms with Gasteiger partial charge in [0.15, 0.2) is 0 Å². The topological polar surface area (TPSA) is 444 Å². The van der Waals surface area contributed by atoms with Crippen LogP contribution in [0.25, 0.3) is 0 Å². The molecular formula is C30H54N8O16S4. The highest BCUT2D eigenvalue weighted by Crippen LogP contribution is 2.23. The van der Waals surface area contributed by atoms with Crippen LogP contribution in [0.5, 0.6) is 0 Å². The van der Waals surface area contributed by atoms with Gasteiger partial charge in [-0.15, -0.1) is 0 Å². The molecule has 0 aromatic rings. The van der Waals surface area contributed by atoms with Gasteiger partial charge in [0.2, 0.25) is 23.6 Å². The van der Waals surface area contributed by atoms with Gasteiger partial charge in [-0.1, -0.05) is 21.6 Å². The Morgan fingerprint density at radius 3 is 1.00 bits per heavy atom. The zero-order chi connectivity index (χ0) is 45.4. The molecule has 0 spiro atoms. The second-order valence-electron chi connectivity index (χ2n) is 11.5. The molecule has 6 atom stereocenters. The Kier molecular flexibility index (Phi) is 35.1. The van der Waals surface area contributed by atoms with Crippen LogP contribution in [0.1, 0.15) is 38.5 Å². The highest BCUT2D eigenvalue weighted by atomic mass is 33.1. The first-order valence-corrected chi connectivity index (χ1v) is 22.0. The maximum Gasteiger partial charge on any atom is 0.322 e. The first kappa shape index (κ1) is 58.3. The van der Waals surface area contributed by atoms with Crippen LogP contribution < -0.4 is 44.2 Å². The molecule has 0 aliphatic rings. The number of hydrogen-bond acceptors (Lipinski definition) is 18. The maximum atomic E-state index is 12.4. The average Bonchev–Trinajstić information content (AvgIpc) is 3.15. The SMILES string of the molecule is CSCC[C@H](N)C(=O)O.CSCC[C@H](N)C(=O)O.N[C@@H](CCC(=O)N[C@@H](CSSC[C@H](NC(=O)CC[C@H](N)C(=O)O)C(=O)NCC(=O)O)C(=O)NCC(=O)O)C(=O)O. The van der Waals surface area contributed by atoms with E-state index in [4.69, 9.17) is 53.6 Å². The van der Waals surface area contributed by atoms with Crippen molar-refractivity contribution in [3.63, 3.8) is 0 Å². The number of carbonyl (C=O) groups excluding carboxylic acids is 4. The molecular weight excluding hydrogens is 857 g/mol. The van der Waals surface area contributed by atoms with Crippen molar-refractivity contribution in [2.75, 3.05) is 48.6 Å². The highest BCUT2D eigenvalue weighted by molar-refractivity contribution is 8.76. The van der Waals surface area contributed by atoms with E-state index in [1.54, 1.807) is 23.5 Å². The van der Waals surface area contributed by atoms with Gasteiger partial charge in [0.05, 0.1) is 0 Å². The molecule has 0 heterocycles. The van der Waals surface area contributed by atoms with Crippen molar-refractivity contribution in [2.45, 2.75) is 74.8 Å². The first-order chi connectivity index (χ1) is 27.0. The van der Waals surface area contributed by atoms with Gasteiger partial charge in [-0.2, -0.15) is 23.5 Å². The van der Waals surface area contributed by atoms with Crippen LogP contribution in [0.2, 0.25) is 0 Å². The molecule has 0 aromatic carbocycles. The summed E-state index contributed by atoms with van der Waals surface area (Å²) in [6.45, 7) is -1.48. The van der Waals surface area contributed by atoms with Crippen LogP contribution in [-0.2, 0) is 47.9 Å². The van der Waals surface area contributed by atoms with E-state index in [0.717, 1.165) is 33.1 Å². The van der Waals surface area contributed by atoms with E-state index in [0.29, 0.717) is 12.8 Å². The molecule has 0 bridgehead atoms. The number of nitrogens with one attached hydrogen (secondary N) is 4. The summed E-state index contributed by atoms with van der Waals surface area (Å²) in [4.78, 5) is 112. The lowest BCUT2D eigenvalue weighted by Gasteiger charge is -2.20. The molecule has 0 aliphatic carbocycles. The summed E-state index contributed by atoms with van der Waals surface area (Å²) in [7, 11) is 1.89. The fraction of sp³-hybridized carbons (Fsp3) is 0.667. The predicted molar refractivity (Wildman–Crippen MR) is 217 cm³/mol. The summed E-state index contributed by atoms with van der Waals surface area (Å²) in [5.41, 5.74) is 21.1. The lowest BCUT2D eigenvalue weighted by molar-refractivity contribution is -0.140. The Morgan fingerprint density at radius 2 is 0.759 bits per heavy atom. The number of carboxylic acid groups (broad SMARTS) is 6. The minimum atomic E-state index is -1.34. The van der Waals surface area contributed by atoms with E-state index in [1.165, 1.54) is 0 Å². The molecule has 0 aliphatic heterocycles. The third-order valence-corrected chi connectivity index (χ3v) is 10.3. The van der Waals surface area contributed by atoms with Gasteiger partial charge in [-0.3, -0.25) is 47.9 Å². The Labute approximate surface area is 349 Å². The molecule has 0 saturated carbocycles. The van der Waals surface area contributed by atoms with Crippen molar-refractivity contribution >= 4 is 105 Å². The second kappa shape index (κ2) is 34.9. The number of carbonyl (C=O) groups is 10. The standard InChI is InChI=1S/C20H32N6O12S2.2C5H11NO2S/c21-9(19(35)36)1-3-13(27)25-11(17(33)23-5-15(29)30)7-39-40-8-12(18(34)24-6-16(31)32)26-14(28)4-2-10(22)20(37)38;2*1-9-3-2-4(6)5(7)8/h9-12H,1-8,21-22H2,(H,23,33)(H,24,34)(H,25,27)(H,26,28)(H,29,30)(H,31,32)(H,35,36)(H,37,38);2*4H,2-3,6H2,1H3,(H,7,8)/t9-,10-,11-,12-;2*4-/m000/s1. The van der Waals surface area contributed by atoms with E-state index in [-0.39, 0.29) is 37.2 Å². The van der Waals surface area contributed by atoms with Crippen molar-refractivity contribution in [2.24, 2.45) is 22.9 Å². The summed E-state index contributed by atoms with van der Waals surface area (Å²) in [5.74, 6) is -9.01. The molecule has 0 radical (unpaired) electrons. The van der Waals surface area contributed by atoms with E-state index in [9.17, 15) is 47.9 Å². The Hall–Kier alpha value is -4.06. The van der Waals surface area contributed by atoms with Crippen molar-refractivity contribution in [3.05, 3.63) is 0 Å². The fourth-order valence-electron chi connectivity index (χ4n) is 3.26. The van der Waals surface area contributed by atoms with Gasteiger partial charge in [-0.25, -0.2) is 0 Å². The summed E-state index contributed by atoms with van der Waals surface area (Å²) in [6.07, 6.45) is 3.83. The molecule has 58 heavy (non-hydrogen) atoms. The van der Waals surface area contributed by atoms with Crippen LogP contribution in [0, 0.1) is 0 Å². The first-order valence-electron chi connectivity index (χ1n) is 16.7. The van der Waals surface area contributed by atoms with E-state index >= 15 is 0 Å². The maximum absolute atomic E-state index is 12.4. The number of amides is 4. The van der Waals surface area contributed by atoms with Crippen molar-refractivity contribution in [1.82, 2.24) is 21.3 Å². The number of aliphatic carboxylic acids is 6. The third kappa shape index (κ3) is 34.0. The Balaban J connectivity index is -0.00000137.